The maximum absolute atomic E-state index is 15.5. The number of morpholine rings is 2. The van der Waals surface area contributed by atoms with E-state index in [1.54, 1.807) is 16.7 Å². The second-order valence-electron chi connectivity index (χ2n) is 21.4. The standard InChI is InChI=1S/C28H31F2N5O2.C15H13BrF2N2O.C13H19N3O/c1-17-25(24-20(30)12-18(29)13-21(24)32-27(17)34-7-5-4-6-23(34)36)35-16-28(2,3)26-22(35)14-19(15-31-26)33-8-10-37-11-9-33;1-8-14(16)13-10(18)6-9(17)7-11(13)19-15(8)20-5-3-2-4-12(20)21;1-13(2)9-15-11-7-10(8-14-12(11)13)16-3-5-17-6-4-16/h12-15H,4-11,16H2,1-3H3;6-7H,2-5H2,1H3;7-8,15H,3-6,9H2,1-2H3. The molecule has 2 amide bonds. The van der Waals surface area contributed by atoms with E-state index in [0.29, 0.717) is 78.6 Å². The minimum Gasteiger partial charge on any atom is -0.383 e. The zero-order chi connectivity index (χ0) is 52.9. The van der Waals surface area contributed by atoms with Crippen molar-refractivity contribution in [3.8, 4) is 0 Å². The average molecular weight is 1100 g/mol. The predicted molar refractivity (Wildman–Crippen MR) is 289 cm³/mol. The van der Waals surface area contributed by atoms with Crippen LogP contribution in [0.4, 0.5) is 57.6 Å². The van der Waals surface area contributed by atoms with E-state index in [-0.39, 0.29) is 44.5 Å². The van der Waals surface area contributed by atoms with Crippen molar-refractivity contribution < 1.29 is 36.6 Å². The molecule has 4 fully saturated rings. The van der Waals surface area contributed by atoms with Crippen molar-refractivity contribution >= 4 is 89.6 Å². The van der Waals surface area contributed by atoms with Crippen LogP contribution in [0.25, 0.3) is 21.8 Å². The highest BCUT2D eigenvalue weighted by Crippen LogP contribution is 2.49. The number of hydrogen-bond donors (Lipinski definition) is 1. The largest absolute Gasteiger partial charge is 0.383 e. The second-order valence-corrected chi connectivity index (χ2v) is 22.2. The number of aromatic nitrogens is 4. The Morgan fingerprint density at radius 2 is 1.11 bits per heavy atom. The first kappa shape index (κ1) is 52.3. The van der Waals surface area contributed by atoms with E-state index >= 15 is 4.39 Å². The van der Waals surface area contributed by atoms with Crippen LogP contribution < -0.4 is 29.8 Å². The summed E-state index contributed by atoms with van der Waals surface area (Å²) < 4.78 is 68.6. The number of piperidine rings is 2. The summed E-state index contributed by atoms with van der Waals surface area (Å²) in [6.07, 6.45) is 8.30. The fourth-order valence-electron chi connectivity index (χ4n) is 11.1. The van der Waals surface area contributed by atoms with Gasteiger partial charge in [0.05, 0.1) is 100 Å². The van der Waals surface area contributed by atoms with Crippen LogP contribution in [0, 0.1) is 37.1 Å². The Morgan fingerprint density at radius 1 is 0.600 bits per heavy atom. The summed E-state index contributed by atoms with van der Waals surface area (Å²) in [5, 5.41) is 3.94. The van der Waals surface area contributed by atoms with E-state index in [1.807, 2.05) is 19.3 Å². The molecule has 0 saturated carbocycles. The maximum atomic E-state index is 15.5. The molecule has 0 bridgehead atoms. The van der Waals surface area contributed by atoms with Gasteiger partial charge in [0.15, 0.2) is 0 Å². The molecule has 6 aliphatic heterocycles. The zero-order valence-electron chi connectivity index (χ0n) is 43.4. The van der Waals surface area contributed by atoms with Gasteiger partial charge in [0, 0.05) is 116 Å². The lowest BCUT2D eigenvalue weighted by Crippen LogP contribution is -2.37. The Balaban J connectivity index is 0.000000142. The number of nitrogens with one attached hydrogen (secondary N) is 1. The summed E-state index contributed by atoms with van der Waals surface area (Å²) in [6.45, 7) is 21.4. The Hall–Kier alpha value is -6.18. The van der Waals surface area contributed by atoms with E-state index in [4.69, 9.17) is 14.5 Å². The Labute approximate surface area is 442 Å². The van der Waals surface area contributed by atoms with Gasteiger partial charge in [0.25, 0.3) is 0 Å². The Morgan fingerprint density at radius 3 is 1.67 bits per heavy atom. The van der Waals surface area contributed by atoms with Gasteiger partial charge in [-0.3, -0.25) is 29.4 Å². The number of carbonyl (C=O) groups is 2. The highest BCUT2D eigenvalue weighted by atomic mass is 79.9. The minimum absolute atomic E-state index is 0.0000231. The molecule has 4 saturated heterocycles. The molecule has 396 valence electrons. The van der Waals surface area contributed by atoms with E-state index in [2.05, 4.69) is 90.7 Å². The van der Waals surface area contributed by atoms with Gasteiger partial charge in [-0.2, -0.15) is 0 Å². The van der Waals surface area contributed by atoms with Crippen LogP contribution in [-0.2, 0) is 29.9 Å². The van der Waals surface area contributed by atoms with Crippen molar-refractivity contribution in [2.75, 3.05) is 109 Å². The van der Waals surface area contributed by atoms with Crippen molar-refractivity contribution in [1.29, 1.82) is 0 Å². The van der Waals surface area contributed by atoms with Gasteiger partial charge in [0.1, 0.15) is 34.9 Å². The number of amides is 2. The molecule has 19 heteroatoms. The number of rotatable bonds is 5. The molecule has 2 aromatic carbocycles. The minimum atomic E-state index is -0.693. The maximum Gasteiger partial charge on any atom is 0.228 e. The lowest BCUT2D eigenvalue weighted by atomic mass is 9.91. The van der Waals surface area contributed by atoms with Crippen molar-refractivity contribution in [3.63, 3.8) is 0 Å². The van der Waals surface area contributed by atoms with E-state index < -0.39 is 23.3 Å². The monoisotopic (exact) mass is 1090 g/mol. The molecule has 0 unspecified atom stereocenters. The molecule has 4 aromatic heterocycles. The van der Waals surface area contributed by atoms with Gasteiger partial charge in [-0.05, 0) is 67.6 Å². The van der Waals surface area contributed by atoms with Crippen LogP contribution in [0.5, 0.6) is 0 Å². The number of carbonyl (C=O) groups excluding carboxylic acids is 2. The molecule has 14 nitrogen and oxygen atoms in total. The number of fused-ring (bicyclic) bond motifs is 4. The number of pyridine rings is 4. The Bertz CT molecular complexity index is 3200. The number of anilines is 7. The molecule has 10 heterocycles. The van der Waals surface area contributed by atoms with Crippen molar-refractivity contribution in [3.05, 3.63) is 99.0 Å². The Kier molecular flexibility index (Phi) is 14.7. The first-order chi connectivity index (χ1) is 35.9. The quantitative estimate of drug-likeness (QED) is 0.165. The first-order valence-corrected chi connectivity index (χ1v) is 26.7. The molecule has 12 rings (SSSR count). The molecule has 0 spiro atoms. The number of ether oxygens (including phenoxy) is 2. The third-order valence-electron chi connectivity index (χ3n) is 15.1. The molecule has 1 N–H and O–H groups in total. The predicted octanol–water partition coefficient (Wildman–Crippen LogP) is 10.7. The normalized spacial score (nSPS) is 19.1. The molecular formula is C56H63BrF4N10O4. The molecular weight excluding hydrogens is 1030 g/mol. The zero-order valence-corrected chi connectivity index (χ0v) is 45.0. The van der Waals surface area contributed by atoms with Gasteiger partial charge >= 0.3 is 0 Å². The summed E-state index contributed by atoms with van der Waals surface area (Å²) >= 11 is 3.35. The van der Waals surface area contributed by atoms with Crippen LogP contribution in [0.3, 0.4) is 0 Å². The summed E-state index contributed by atoms with van der Waals surface area (Å²) in [4.78, 5) is 53.4. The summed E-state index contributed by atoms with van der Waals surface area (Å²) in [7, 11) is 0. The SMILES string of the molecule is CC1(C)CNc2cc(N3CCOCC3)cnc21.Cc1c(N2CCCCC2=O)nc2cc(F)cc(F)c2c1Br.Cc1c(N2CCCCC2=O)nc2cc(F)cc(F)c2c1N1CC(C)(C)c2ncc(N3CCOCC3)cc21. The molecule has 0 atom stereocenters. The van der Waals surface area contributed by atoms with Crippen LogP contribution in [-0.4, -0.2) is 111 Å². The molecule has 6 aromatic rings. The smallest absolute Gasteiger partial charge is 0.228 e. The fraction of sp³-hybridized carbons (Fsp3) is 0.464. The van der Waals surface area contributed by atoms with Crippen molar-refractivity contribution in [2.45, 2.75) is 90.9 Å². The van der Waals surface area contributed by atoms with Crippen LogP contribution in [0.2, 0.25) is 0 Å². The number of hydrogen-bond acceptors (Lipinski definition) is 12. The first-order valence-electron chi connectivity index (χ1n) is 25.9. The molecule has 75 heavy (non-hydrogen) atoms. The summed E-state index contributed by atoms with van der Waals surface area (Å²) in [6, 6.07) is 8.51. The van der Waals surface area contributed by atoms with Crippen LogP contribution >= 0.6 is 15.9 Å². The summed E-state index contributed by atoms with van der Waals surface area (Å²) in [5.74, 6) is -1.77. The van der Waals surface area contributed by atoms with Crippen molar-refractivity contribution in [1.82, 2.24) is 19.9 Å². The summed E-state index contributed by atoms with van der Waals surface area (Å²) in [5.41, 5.74) is 8.65. The third-order valence-corrected chi connectivity index (χ3v) is 16.1. The topological polar surface area (TPSA) is 132 Å². The highest BCUT2D eigenvalue weighted by molar-refractivity contribution is 9.10. The highest BCUT2D eigenvalue weighted by Gasteiger charge is 2.41. The lowest BCUT2D eigenvalue weighted by Gasteiger charge is -2.32. The lowest BCUT2D eigenvalue weighted by molar-refractivity contribution is -0.120. The second kappa shape index (κ2) is 21.1. The van der Waals surface area contributed by atoms with Gasteiger partial charge in [-0.1, -0.05) is 27.7 Å². The molecule has 0 radical (unpaired) electrons. The van der Waals surface area contributed by atoms with E-state index in [9.17, 15) is 22.8 Å². The van der Waals surface area contributed by atoms with Crippen LogP contribution in [0.15, 0.2) is 53.3 Å². The fourth-order valence-corrected chi connectivity index (χ4v) is 11.7. The van der Waals surface area contributed by atoms with Gasteiger partial charge < -0.3 is 29.5 Å². The number of benzene rings is 2. The average Bonchev–Trinajstić information content (AvgIpc) is 3.87. The number of nitrogens with zero attached hydrogens (tertiary/aromatic N) is 9. The molecule has 0 aliphatic carbocycles. The van der Waals surface area contributed by atoms with E-state index in [0.717, 1.165) is 101 Å². The number of halogens is 5. The van der Waals surface area contributed by atoms with Crippen molar-refractivity contribution in [2.24, 2.45) is 0 Å². The van der Waals surface area contributed by atoms with E-state index in [1.165, 1.54) is 29.2 Å². The van der Waals surface area contributed by atoms with Crippen LogP contribution in [0.1, 0.15) is 88.7 Å². The van der Waals surface area contributed by atoms with Gasteiger partial charge in [-0.25, -0.2) is 27.5 Å². The van der Waals surface area contributed by atoms with Gasteiger partial charge in [0.2, 0.25) is 11.8 Å². The third kappa shape index (κ3) is 10.3. The van der Waals surface area contributed by atoms with Gasteiger partial charge in [-0.15, -0.1) is 0 Å². The molecule has 6 aliphatic rings.